The molecule has 14 aliphatic carbocycles. The van der Waals surface area contributed by atoms with Crippen molar-refractivity contribution in [3.05, 3.63) is 24.3 Å². The van der Waals surface area contributed by atoms with Gasteiger partial charge in [-0.25, -0.2) is 0 Å². The van der Waals surface area contributed by atoms with Gasteiger partial charge in [0, 0.05) is 0 Å². The molecule has 0 spiro atoms. The van der Waals surface area contributed by atoms with Crippen LogP contribution in [0.4, 0.5) is 0 Å². The van der Waals surface area contributed by atoms with E-state index in [-0.39, 0.29) is 0 Å². The smallest absolute Gasteiger partial charge is 0.0194 e. The molecule has 0 aliphatic heterocycles. The highest BCUT2D eigenvalue weighted by Crippen LogP contribution is 2.70. The standard InChI is InChI=1S/C14H22.C14H24.C14H22.C12H16/c1-7-8(2)12-6-11(7)13-9-3-4-10(5-9)14(12)13;2*1-3-4-10-7-9(2)13-11-5-6-12(8-11)14(10)13;1-2-8-5-7(1)11-9-3-4-10(6-9)12(8)11/h7-14H,3-6H2,1-2H3;9-14H,3-8H2,1-2H3;3-4,9-14H,5-8H2,1-2H3;1-2,7-12H,3-6H2/b;;4-3+;. The number of hydrogen-bond donors (Lipinski definition) is 0. The minimum atomic E-state index is 0.940. The summed E-state index contributed by atoms with van der Waals surface area (Å²) in [5.74, 6) is 29.0. The molecule has 0 heteroatoms. The van der Waals surface area contributed by atoms with Crippen molar-refractivity contribution in [3.8, 4) is 0 Å². The van der Waals surface area contributed by atoms with Gasteiger partial charge in [0.15, 0.2) is 0 Å². The maximum atomic E-state index is 2.54. The second-order valence-electron chi connectivity index (χ2n) is 24.3. The highest BCUT2D eigenvalue weighted by molar-refractivity contribution is 5.19. The Labute approximate surface area is 334 Å². The molecule has 13 saturated carbocycles. The van der Waals surface area contributed by atoms with Gasteiger partial charge < -0.3 is 0 Å². The monoisotopic (exact) mass is 733 g/mol. The lowest BCUT2D eigenvalue weighted by atomic mass is 9.64. The summed E-state index contributed by atoms with van der Waals surface area (Å²) in [6.07, 6.45) is 38.0. The van der Waals surface area contributed by atoms with Crippen molar-refractivity contribution in [2.24, 2.45) is 154 Å². The van der Waals surface area contributed by atoms with Crippen molar-refractivity contribution < 1.29 is 0 Å². The Hall–Kier alpha value is -0.520. The fraction of sp³-hybridized carbons (Fsp3) is 0.926. The zero-order valence-corrected chi connectivity index (χ0v) is 36.0. The molecular formula is C54H84. The van der Waals surface area contributed by atoms with E-state index in [1.165, 1.54) is 55.3 Å². The lowest BCUT2D eigenvalue weighted by Gasteiger charge is -2.41. The van der Waals surface area contributed by atoms with E-state index in [1.807, 2.05) is 0 Å². The SMILES string of the molecule is C/C=C/C1CC(C)C2C3CCC(C3)C12.C1=CC2CC1C1C3CCC(C3)C21.CC1C(C)C2CC1C1C3CCC(C3)C21.CCCC1CC(C)C2C3CCC(C3)C12. The van der Waals surface area contributed by atoms with Gasteiger partial charge in [0.1, 0.15) is 0 Å². The van der Waals surface area contributed by atoms with Gasteiger partial charge in [-0.15, -0.1) is 0 Å². The van der Waals surface area contributed by atoms with Crippen molar-refractivity contribution in [1.82, 2.24) is 0 Å². The summed E-state index contributed by atoms with van der Waals surface area (Å²) < 4.78 is 0. The first-order valence-corrected chi connectivity index (χ1v) is 25.6. The van der Waals surface area contributed by atoms with Crippen LogP contribution in [0.15, 0.2) is 24.3 Å². The number of allylic oxidation sites excluding steroid dienone is 4. The largest absolute Gasteiger partial charge is 0.0914 e. The molecule has 12 bridgehead atoms. The first kappa shape index (κ1) is 36.6. The van der Waals surface area contributed by atoms with Crippen molar-refractivity contribution in [2.45, 2.75) is 157 Å². The van der Waals surface area contributed by atoms with E-state index in [0.717, 1.165) is 124 Å². The zero-order chi connectivity index (χ0) is 36.6. The molecule has 0 aromatic rings. The van der Waals surface area contributed by atoms with Gasteiger partial charge in [-0.05, 0) is 264 Å². The third-order valence-corrected chi connectivity index (χ3v) is 22.8. The van der Waals surface area contributed by atoms with Crippen LogP contribution >= 0.6 is 0 Å². The first-order valence-electron chi connectivity index (χ1n) is 25.6. The van der Waals surface area contributed by atoms with E-state index in [0.29, 0.717) is 0 Å². The summed E-state index contributed by atoms with van der Waals surface area (Å²) in [5, 5.41) is 0. The highest BCUT2D eigenvalue weighted by atomic mass is 14.7. The number of fused-ring (bicyclic) bond motifs is 28. The van der Waals surface area contributed by atoms with Gasteiger partial charge in [0.2, 0.25) is 0 Å². The average molecular weight is 733 g/mol. The highest BCUT2D eigenvalue weighted by Gasteiger charge is 2.64. The van der Waals surface area contributed by atoms with Crippen molar-refractivity contribution in [2.75, 3.05) is 0 Å². The third-order valence-electron chi connectivity index (χ3n) is 22.8. The molecule has 0 N–H and O–H groups in total. The molecule has 14 aliphatic rings. The van der Waals surface area contributed by atoms with Crippen LogP contribution in [0.5, 0.6) is 0 Å². The minimum Gasteiger partial charge on any atom is -0.0914 e. The molecule has 0 aromatic carbocycles. The van der Waals surface area contributed by atoms with Crippen molar-refractivity contribution in [3.63, 3.8) is 0 Å². The minimum absolute atomic E-state index is 0.940. The zero-order valence-electron chi connectivity index (χ0n) is 36.0. The maximum absolute atomic E-state index is 2.54. The van der Waals surface area contributed by atoms with E-state index < -0.39 is 0 Å². The molecule has 26 unspecified atom stereocenters. The second-order valence-corrected chi connectivity index (χ2v) is 24.3. The first-order chi connectivity index (χ1) is 26.3. The summed E-state index contributed by atoms with van der Waals surface area (Å²) in [6, 6.07) is 0. The predicted molar refractivity (Wildman–Crippen MR) is 226 cm³/mol. The van der Waals surface area contributed by atoms with E-state index in [9.17, 15) is 0 Å². The lowest BCUT2D eigenvalue weighted by Crippen LogP contribution is -2.35. The van der Waals surface area contributed by atoms with Gasteiger partial charge >= 0.3 is 0 Å². The molecular weight excluding hydrogens is 649 g/mol. The number of hydrogen-bond acceptors (Lipinski definition) is 0. The second kappa shape index (κ2) is 14.1. The van der Waals surface area contributed by atoms with Crippen LogP contribution in [0, 0.1) is 154 Å². The molecule has 0 amide bonds. The fourth-order valence-electron chi connectivity index (χ4n) is 21.6. The van der Waals surface area contributed by atoms with E-state index in [4.69, 9.17) is 0 Å². The van der Waals surface area contributed by atoms with Crippen LogP contribution in [-0.4, -0.2) is 0 Å². The normalized spacial score (nSPS) is 61.1. The summed E-state index contributed by atoms with van der Waals surface area (Å²) in [4.78, 5) is 0. The molecule has 14 rings (SSSR count). The Balaban J connectivity index is 0.0000000844. The van der Waals surface area contributed by atoms with Gasteiger partial charge in [0.25, 0.3) is 0 Å². The lowest BCUT2D eigenvalue weighted by molar-refractivity contribution is 0.0716. The topological polar surface area (TPSA) is 0 Å². The molecule has 0 radical (unpaired) electrons. The molecule has 0 heterocycles. The molecule has 13 fully saturated rings. The van der Waals surface area contributed by atoms with E-state index in [2.05, 4.69) is 65.8 Å². The van der Waals surface area contributed by atoms with Crippen molar-refractivity contribution >= 4 is 0 Å². The Bertz CT molecular complexity index is 1370. The van der Waals surface area contributed by atoms with Gasteiger partial charge in [-0.2, -0.15) is 0 Å². The predicted octanol–water partition coefficient (Wildman–Crippen LogP) is 14.4. The van der Waals surface area contributed by atoms with Gasteiger partial charge in [-0.3, -0.25) is 0 Å². The Morgan fingerprint density at radius 3 is 1.37 bits per heavy atom. The van der Waals surface area contributed by atoms with Crippen LogP contribution in [0.3, 0.4) is 0 Å². The molecule has 0 nitrogen and oxygen atoms in total. The Morgan fingerprint density at radius 2 is 0.870 bits per heavy atom. The molecule has 54 heavy (non-hydrogen) atoms. The molecule has 26 atom stereocenters. The summed E-state index contributed by atoms with van der Waals surface area (Å²) in [6.45, 7) is 14.7. The summed E-state index contributed by atoms with van der Waals surface area (Å²) >= 11 is 0. The molecule has 300 valence electrons. The fourth-order valence-corrected chi connectivity index (χ4v) is 21.6. The van der Waals surface area contributed by atoms with Crippen LogP contribution in [0.25, 0.3) is 0 Å². The summed E-state index contributed by atoms with van der Waals surface area (Å²) in [5.41, 5.74) is 0. The van der Waals surface area contributed by atoms with Gasteiger partial charge in [-0.1, -0.05) is 71.8 Å². The van der Waals surface area contributed by atoms with E-state index >= 15 is 0 Å². The van der Waals surface area contributed by atoms with Gasteiger partial charge in [0.05, 0.1) is 0 Å². The summed E-state index contributed by atoms with van der Waals surface area (Å²) in [7, 11) is 0. The molecule has 0 aromatic heterocycles. The van der Waals surface area contributed by atoms with E-state index in [1.54, 1.807) is 89.9 Å². The average Bonchev–Trinajstić information content (AvgIpc) is 4.02. The van der Waals surface area contributed by atoms with Crippen LogP contribution in [0.1, 0.15) is 157 Å². The third kappa shape index (κ3) is 5.50. The maximum Gasteiger partial charge on any atom is -0.0194 e. The van der Waals surface area contributed by atoms with Crippen molar-refractivity contribution in [1.29, 1.82) is 0 Å². The quantitative estimate of drug-likeness (QED) is 0.200. The van der Waals surface area contributed by atoms with Crippen LogP contribution in [0.2, 0.25) is 0 Å². The number of rotatable bonds is 3. The van der Waals surface area contributed by atoms with Crippen LogP contribution < -0.4 is 0 Å². The Kier molecular flexibility index (Phi) is 9.51. The Morgan fingerprint density at radius 1 is 0.444 bits per heavy atom. The molecule has 0 saturated heterocycles. The van der Waals surface area contributed by atoms with Crippen LogP contribution in [-0.2, 0) is 0 Å².